The highest BCUT2D eigenvalue weighted by atomic mass is 32.1. The number of thiocarbonyl (C=S) groups is 1. The molecule has 0 atom stereocenters. The van der Waals surface area contributed by atoms with E-state index in [0.29, 0.717) is 42.6 Å². The number of benzene rings is 1. The third-order valence-corrected chi connectivity index (χ3v) is 6.82. The second-order valence-corrected chi connectivity index (χ2v) is 8.91. The SMILES string of the molecule is NC(=O)c1c(NC(=S)NC(=O)c2ccc(N3CCOCC3)c([N+](=O)[O-])c2)sc2c1CCC2. The van der Waals surface area contributed by atoms with Crippen LogP contribution in [0.2, 0.25) is 0 Å². The third kappa shape index (κ3) is 4.42. The van der Waals surface area contributed by atoms with Crippen LogP contribution >= 0.6 is 23.6 Å². The number of aryl methyl sites for hydroxylation is 1. The van der Waals surface area contributed by atoms with Gasteiger partial charge in [0.15, 0.2) is 5.11 Å². The molecule has 1 aromatic heterocycles. The highest BCUT2D eigenvalue weighted by Crippen LogP contribution is 2.38. The van der Waals surface area contributed by atoms with Gasteiger partial charge in [-0.05, 0) is 49.2 Å². The fourth-order valence-electron chi connectivity index (χ4n) is 3.95. The van der Waals surface area contributed by atoms with Crippen LogP contribution in [0.15, 0.2) is 18.2 Å². The number of hydrogen-bond donors (Lipinski definition) is 3. The van der Waals surface area contributed by atoms with Crippen LogP contribution < -0.4 is 21.3 Å². The molecule has 2 aromatic rings. The smallest absolute Gasteiger partial charge is 0.293 e. The first-order valence-corrected chi connectivity index (χ1v) is 11.3. The molecule has 1 fully saturated rings. The van der Waals surface area contributed by atoms with Gasteiger partial charge in [0.25, 0.3) is 17.5 Å². The average molecular weight is 476 g/mol. The topological polar surface area (TPSA) is 140 Å². The lowest BCUT2D eigenvalue weighted by molar-refractivity contribution is -0.384. The number of morpholine rings is 1. The number of nitrogens with two attached hydrogens (primary N) is 1. The summed E-state index contributed by atoms with van der Waals surface area (Å²) in [6, 6.07) is 4.31. The molecule has 2 aliphatic rings. The summed E-state index contributed by atoms with van der Waals surface area (Å²) in [5.41, 5.74) is 7.26. The molecule has 168 valence electrons. The van der Waals surface area contributed by atoms with E-state index in [1.807, 2.05) is 4.90 Å². The van der Waals surface area contributed by atoms with Gasteiger partial charge >= 0.3 is 0 Å². The number of primary amides is 1. The van der Waals surface area contributed by atoms with Crippen LogP contribution in [-0.2, 0) is 17.6 Å². The van der Waals surface area contributed by atoms with Crippen molar-refractivity contribution in [3.63, 3.8) is 0 Å². The summed E-state index contributed by atoms with van der Waals surface area (Å²) >= 11 is 6.63. The lowest BCUT2D eigenvalue weighted by Crippen LogP contribution is -2.37. The average Bonchev–Trinajstić information content (AvgIpc) is 3.34. The molecular formula is C20H21N5O5S2. The summed E-state index contributed by atoms with van der Waals surface area (Å²) in [4.78, 5) is 38.6. The third-order valence-electron chi connectivity index (χ3n) is 5.41. The van der Waals surface area contributed by atoms with Crippen molar-refractivity contribution in [3.8, 4) is 0 Å². The van der Waals surface area contributed by atoms with Gasteiger partial charge in [0, 0.05) is 29.6 Å². The van der Waals surface area contributed by atoms with E-state index in [0.717, 1.165) is 29.7 Å². The zero-order chi connectivity index (χ0) is 22.8. The van der Waals surface area contributed by atoms with Gasteiger partial charge in [-0.25, -0.2) is 0 Å². The van der Waals surface area contributed by atoms with Gasteiger partial charge in [-0.3, -0.25) is 25.0 Å². The highest BCUT2D eigenvalue weighted by molar-refractivity contribution is 7.80. The molecule has 0 radical (unpaired) electrons. The second-order valence-electron chi connectivity index (χ2n) is 7.39. The Bertz CT molecular complexity index is 1110. The molecule has 4 N–H and O–H groups in total. The Morgan fingerprint density at radius 3 is 2.69 bits per heavy atom. The molecule has 10 nitrogen and oxygen atoms in total. The number of nitrogens with zero attached hydrogens (tertiary/aromatic N) is 2. The summed E-state index contributed by atoms with van der Waals surface area (Å²) in [6.45, 7) is 2.04. The Morgan fingerprint density at radius 1 is 1.25 bits per heavy atom. The van der Waals surface area contributed by atoms with E-state index in [-0.39, 0.29) is 16.4 Å². The molecule has 1 aliphatic heterocycles. The summed E-state index contributed by atoms with van der Waals surface area (Å²) in [7, 11) is 0. The number of carbonyl (C=O) groups excluding carboxylic acids is 2. The van der Waals surface area contributed by atoms with Crippen LogP contribution in [0.4, 0.5) is 16.4 Å². The number of amides is 2. The maximum absolute atomic E-state index is 12.7. The van der Waals surface area contributed by atoms with Crippen LogP contribution in [0.1, 0.15) is 37.6 Å². The summed E-state index contributed by atoms with van der Waals surface area (Å²) < 4.78 is 5.29. The van der Waals surface area contributed by atoms with Crippen LogP contribution in [0, 0.1) is 10.1 Å². The molecule has 32 heavy (non-hydrogen) atoms. The maximum atomic E-state index is 12.7. The minimum absolute atomic E-state index is 0.0164. The van der Waals surface area contributed by atoms with Gasteiger partial charge in [-0.2, -0.15) is 0 Å². The van der Waals surface area contributed by atoms with Crippen molar-refractivity contribution >= 4 is 56.9 Å². The van der Waals surface area contributed by atoms with Gasteiger partial charge in [0.05, 0.1) is 23.7 Å². The van der Waals surface area contributed by atoms with Crippen molar-refractivity contribution in [2.75, 3.05) is 36.5 Å². The number of thiophene rings is 1. The van der Waals surface area contributed by atoms with Crippen molar-refractivity contribution in [3.05, 3.63) is 49.9 Å². The van der Waals surface area contributed by atoms with Gasteiger partial charge < -0.3 is 20.7 Å². The molecule has 4 rings (SSSR count). The van der Waals surface area contributed by atoms with Crippen molar-refractivity contribution in [1.29, 1.82) is 0 Å². The molecule has 2 amide bonds. The Hall–Kier alpha value is -3.09. The largest absolute Gasteiger partial charge is 0.378 e. The van der Waals surface area contributed by atoms with Crippen molar-refractivity contribution in [1.82, 2.24) is 5.32 Å². The number of hydrogen-bond acceptors (Lipinski definition) is 8. The number of anilines is 2. The van der Waals surface area contributed by atoms with E-state index in [4.69, 9.17) is 22.7 Å². The molecule has 0 spiro atoms. The highest BCUT2D eigenvalue weighted by Gasteiger charge is 2.27. The summed E-state index contributed by atoms with van der Waals surface area (Å²) in [5, 5.41) is 17.5. The lowest BCUT2D eigenvalue weighted by atomic mass is 10.1. The molecule has 1 aromatic carbocycles. The number of rotatable bonds is 5. The number of nitrogens with one attached hydrogen (secondary N) is 2. The first kappa shape index (κ1) is 22.1. The van der Waals surface area contributed by atoms with Crippen LogP contribution in [0.25, 0.3) is 0 Å². The van der Waals surface area contributed by atoms with Crippen molar-refractivity contribution in [2.24, 2.45) is 5.73 Å². The Kier molecular flexibility index (Phi) is 6.35. The van der Waals surface area contributed by atoms with E-state index in [2.05, 4.69) is 10.6 Å². The predicted octanol–water partition coefficient (Wildman–Crippen LogP) is 2.21. The fraction of sp³-hybridized carbons (Fsp3) is 0.350. The van der Waals surface area contributed by atoms with Gasteiger partial charge in [-0.1, -0.05) is 0 Å². The Labute approximate surface area is 192 Å². The number of carbonyl (C=O) groups is 2. The molecule has 1 aliphatic carbocycles. The first-order chi connectivity index (χ1) is 15.3. The van der Waals surface area contributed by atoms with Gasteiger partial charge in [0.1, 0.15) is 10.7 Å². The minimum atomic E-state index is -0.594. The zero-order valence-electron chi connectivity index (χ0n) is 17.0. The molecule has 0 bridgehead atoms. The number of nitro groups is 1. The summed E-state index contributed by atoms with van der Waals surface area (Å²) in [6.07, 6.45) is 2.63. The number of ether oxygens (including phenoxy) is 1. The minimum Gasteiger partial charge on any atom is -0.378 e. The molecule has 0 unspecified atom stereocenters. The predicted molar refractivity (Wildman–Crippen MR) is 125 cm³/mol. The molecule has 0 saturated carbocycles. The summed E-state index contributed by atoms with van der Waals surface area (Å²) in [5.74, 6) is -1.14. The van der Waals surface area contributed by atoms with Crippen molar-refractivity contribution < 1.29 is 19.2 Å². The van der Waals surface area contributed by atoms with E-state index < -0.39 is 16.7 Å². The lowest BCUT2D eigenvalue weighted by Gasteiger charge is -2.28. The van der Waals surface area contributed by atoms with Crippen molar-refractivity contribution in [2.45, 2.75) is 19.3 Å². The monoisotopic (exact) mass is 475 g/mol. The molecule has 12 heteroatoms. The van der Waals surface area contributed by atoms with Gasteiger partial charge in [-0.15, -0.1) is 11.3 Å². The molecule has 1 saturated heterocycles. The maximum Gasteiger partial charge on any atom is 0.293 e. The second kappa shape index (κ2) is 9.18. The van der Waals surface area contributed by atoms with Gasteiger partial charge in [0.2, 0.25) is 0 Å². The first-order valence-electron chi connectivity index (χ1n) is 10.0. The van der Waals surface area contributed by atoms with E-state index in [1.165, 1.54) is 23.5 Å². The quantitative estimate of drug-likeness (QED) is 0.340. The van der Waals surface area contributed by atoms with E-state index in [9.17, 15) is 19.7 Å². The standard InChI is InChI=1S/C20H21N5O5S2/c21-17(26)16-12-2-1-3-15(12)32-19(16)23-20(31)22-18(27)11-4-5-13(14(10-11)25(28)29)24-6-8-30-9-7-24/h4-5,10H,1-3,6-9H2,(H2,21,26)(H2,22,23,27,31). The fourth-order valence-corrected chi connectivity index (χ4v) is 5.50. The van der Waals surface area contributed by atoms with Crippen LogP contribution in [0.5, 0.6) is 0 Å². The van der Waals surface area contributed by atoms with Crippen LogP contribution in [-0.4, -0.2) is 48.2 Å². The molecule has 2 heterocycles. The number of fused-ring (bicyclic) bond motifs is 1. The van der Waals surface area contributed by atoms with E-state index >= 15 is 0 Å². The van der Waals surface area contributed by atoms with E-state index in [1.54, 1.807) is 6.07 Å². The normalized spacial score (nSPS) is 15.2. The Balaban J connectivity index is 1.49. The zero-order valence-corrected chi connectivity index (χ0v) is 18.6. The Morgan fingerprint density at radius 2 is 2.00 bits per heavy atom. The number of nitro benzene ring substituents is 1. The van der Waals surface area contributed by atoms with Crippen LogP contribution in [0.3, 0.4) is 0 Å². The molecular weight excluding hydrogens is 454 g/mol.